The summed E-state index contributed by atoms with van der Waals surface area (Å²) < 4.78 is 6.90. The van der Waals surface area contributed by atoms with E-state index in [9.17, 15) is 0 Å². The van der Waals surface area contributed by atoms with Crippen LogP contribution in [0.2, 0.25) is 0 Å². The summed E-state index contributed by atoms with van der Waals surface area (Å²) in [5, 5.41) is 6.80. The predicted molar refractivity (Wildman–Crippen MR) is 139 cm³/mol. The van der Waals surface area contributed by atoms with Crippen LogP contribution >= 0.6 is 86.4 Å². The third kappa shape index (κ3) is 3.36. The van der Waals surface area contributed by atoms with Crippen LogP contribution < -0.4 is 0 Å². The summed E-state index contributed by atoms with van der Waals surface area (Å²) in [6, 6.07) is 17.6. The average molecular weight is 658 g/mol. The Kier molecular flexibility index (Phi) is 5.31. The lowest BCUT2D eigenvalue weighted by Crippen LogP contribution is -1.88. The zero-order valence-electron chi connectivity index (χ0n) is 14.1. The minimum atomic E-state index is 1.06. The number of thiophene rings is 2. The molecule has 0 unspecified atom stereocenters. The van der Waals surface area contributed by atoms with Crippen LogP contribution in [0.15, 0.2) is 77.2 Å². The van der Waals surface area contributed by atoms with Crippen LogP contribution in [-0.4, -0.2) is 0 Å². The number of benzene rings is 3. The highest BCUT2D eigenvalue weighted by Crippen LogP contribution is 2.44. The van der Waals surface area contributed by atoms with Gasteiger partial charge in [0.25, 0.3) is 0 Å². The molecule has 3 aromatic carbocycles. The Morgan fingerprint density at radius 2 is 0.857 bits per heavy atom. The molecule has 0 aliphatic carbocycles. The summed E-state index contributed by atoms with van der Waals surface area (Å²) in [6.07, 6.45) is 0. The van der Waals surface area contributed by atoms with Crippen LogP contribution in [0.4, 0.5) is 0 Å². The molecule has 0 saturated heterocycles. The summed E-state index contributed by atoms with van der Waals surface area (Å²) in [5.74, 6) is 0. The second-order valence-corrected chi connectivity index (χ2v) is 11.7. The van der Waals surface area contributed by atoms with Gasteiger partial charge in [-0.3, -0.25) is 0 Å². The van der Waals surface area contributed by atoms with E-state index in [0.29, 0.717) is 0 Å². The highest BCUT2D eigenvalue weighted by atomic mass is 79.9. The van der Waals surface area contributed by atoms with E-state index in [1.165, 1.54) is 42.4 Å². The van der Waals surface area contributed by atoms with Gasteiger partial charge in [-0.05, 0) is 92.3 Å². The summed E-state index contributed by atoms with van der Waals surface area (Å²) in [7, 11) is 0. The van der Waals surface area contributed by atoms with Gasteiger partial charge in [0.05, 0.1) is 0 Å². The van der Waals surface area contributed by atoms with Crippen molar-refractivity contribution < 1.29 is 0 Å². The second kappa shape index (κ2) is 7.64. The summed E-state index contributed by atoms with van der Waals surface area (Å²) in [4.78, 5) is 0. The molecule has 2 heterocycles. The first-order valence-corrected chi connectivity index (χ1v) is 13.3. The number of hydrogen-bond acceptors (Lipinski definition) is 2. The third-order valence-electron chi connectivity index (χ3n) is 4.72. The first-order valence-electron chi connectivity index (χ1n) is 8.34. The second-order valence-electron chi connectivity index (χ2n) is 6.39. The van der Waals surface area contributed by atoms with Crippen LogP contribution in [0.3, 0.4) is 0 Å². The van der Waals surface area contributed by atoms with Crippen molar-refractivity contribution in [3.05, 3.63) is 77.2 Å². The molecule has 0 radical (unpaired) electrons. The van der Waals surface area contributed by atoms with Gasteiger partial charge in [0.1, 0.15) is 0 Å². The van der Waals surface area contributed by atoms with E-state index < -0.39 is 0 Å². The molecule has 0 saturated carbocycles. The van der Waals surface area contributed by atoms with E-state index in [0.717, 1.165) is 17.9 Å². The standard InChI is InChI=1S/C22H10Br4S2/c23-17-5-11-1-3-27-21(11)8-15(17)13-7-14(20(26)10-19(13)25)16-9-22-12(2-4-28-22)6-18(16)24/h1-10H. The Morgan fingerprint density at radius 3 is 1.32 bits per heavy atom. The Bertz CT molecular complexity index is 1260. The molecule has 0 amide bonds. The Morgan fingerprint density at radius 1 is 0.464 bits per heavy atom. The monoisotopic (exact) mass is 654 g/mol. The minimum absolute atomic E-state index is 1.06. The molecule has 2 aromatic heterocycles. The van der Waals surface area contributed by atoms with Gasteiger partial charge in [-0.15, -0.1) is 22.7 Å². The average Bonchev–Trinajstić information content (AvgIpc) is 3.29. The molecule has 28 heavy (non-hydrogen) atoms. The Hall–Kier alpha value is -0.500. The summed E-state index contributed by atoms with van der Waals surface area (Å²) in [5.41, 5.74) is 4.70. The largest absolute Gasteiger partial charge is 0.144 e. The van der Waals surface area contributed by atoms with Crippen molar-refractivity contribution in [2.24, 2.45) is 0 Å². The molecule has 0 aliphatic rings. The minimum Gasteiger partial charge on any atom is -0.144 e. The SMILES string of the molecule is Brc1cc(Br)c(-c2cc3sccc3cc2Br)cc1-c1cc2sccc2cc1Br. The highest BCUT2D eigenvalue weighted by Gasteiger charge is 2.16. The molecule has 0 atom stereocenters. The van der Waals surface area contributed by atoms with Crippen molar-refractivity contribution in [1.82, 2.24) is 0 Å². The van der Waals surface area contributed by atoms with Crippen molar-refractivity contribution in [2.75, 3.05) is 0 Å². The van der Waals surface area contributed by atoms with E-state index >= 15 is 0 Å². The molecule has 0 fully saturated rings. The molecule has 5 rings (SSSR count). The van der Waals surface area contributed by atoms with Gasteiger partial charge < -0.3 is 0 Å². The fraction of sp³-hybridized carbons (Fsp3) is 0. The number of hydrogen-bond donors (Lipinski definition) is 0. The molecule has 6 heteroatoms. The van der Waals surface area contributed by atoms with Crippen LogP contribution in [-0.2, 0) is 0 Å². The maximum Gasteiger partial charge on any atom is 0.0349 e. The normalized spacial score (nSPS) is 11.6. The van der Waals surface area contributed by atoms with Gasteiger partial charge in [0.15, 0.2) is 0 Å². The van der Waals surface area contributed by atoms with Crippen molar-refractivity contribution >= 4 is 107 Å². The van der Waals surface area contributed by atoms with Crippen LogP contribution in [0.5, 0.6) is 0 Å². The number of rotatable bonds is 2. The van der Waals surface area contributed by atoms with Gasteiger partial charge in [0.2, 0.25) is 0 Å². The van der Waals surface area contributed by atoms with Crippen molar-refractivity contribution in [2.45, 2.75) is 0 Å². The fourth-order valence-corrected chi connectivity index (χ4v) is 7.53. The molecule has 0 N–H and O–H groups in total. The van der Waals surface area contributed by atoms with Crippen molar-refractivity contribution in [3.63, 3.8) is 0 Å². The van der Waals surface area contributed by atoms with E-state index in [2.05, 4.69) is 123 Å². The van der Waals surface area contributed by atoms with Crippen molar-refractivity contribution in [3.8, 4) is 22.3 Å². The van der Waals surface area contributed by atoms with Crippen LogP contribution in [0.25, 0.3) is 42.4 Å². The summed E-state index contributed by atoms with van der Waals surface area (Å²) in [6.45, 7) is 0. The van der Waals surface area contributed by atoms with Gasteiger partial charge in [-0.2, -0.15) is 0 Å². The van der Waals surface area contributed by atoms with Crippen molar-refractivity contribution in [1.29, 1.82) is 0 Å². The maximum absolute atomic E-state index is 3.78. The van der Waals surface area contributed by atoms with E-state index in [1.54, 1.807) is 22.7 Å². The maximum atomic E-state index is 3.78. The molecule has 0 spiro atoms. The predicted octanol–water partition coefficient (Wildman–Crippen LogP) is 10.5. The summed E-state index contributed by atoms with van der Waals surface area (Å²) >= 11 is 18.6. The smallest absolute Gasteiger partial charge is 0.0349 e. The first kappa shape index (κ1) is 19.5. The molecular formula is C22H10Br4S2. The van der Waals surface area contributed by atoms with Gasteiger partial charge in [0, 0.05) is 27.3 Å². The Labute approximate surface area is 204 Å². The molecule has 0 aliphatic heterocycles. The molecule has 5 aromatic rings. The van der Waals surface area contributed by atoms with Gasteiger partial charge in [-0.1, -0.05) is 63.7 Å². The quantitative estimate of drug-likeness (QED) is 0.177. The molecule has 0 bridgehead atoms. The zero-order valence-corrected chi connectivity index (χ0v) is 22.1. The number of halogens is 4. The third-order valence-corrected chi connectivity index (χ3v) is 9.10. The first-order chi connectivity index (χ1) is 13.5. The lowest BCUT2D eigenvalue weighted by molar-refractivity contribution is 1.53. The van der Waals surface area contributed by atoms with E-state index in [-0.39, 0.29) is 0 Å². The lowest BCUT2D eigenvalue weighted by Gasteiger charge is -2.14. The van der Waals surface area contributed by atoms with Gasteiger partial charge in [-0.25, -0.2) is 0 Å². The molecule has 0 nitrogen and oxygen atoms in total. The number of fused-ring (bicyclic) bond motifs is 2. The Balaban J connectivity index is 1.76. The fourth-order valence-electron chi connectivity index (χ4n) is 3.34. The molecular weight excluding hydrogens is 648 g/mol. The van der Waals surface area contributed by atoms with E-state index in [1.807, 2.05) is 0 Å². The van der Waals surface area contributed by atoms with E-state index in [4.69, 9.17) is 0 Å². The zero-order chi connectivity index (χ0) is 19.4. The van der Waals surface area contributed by atoms with Gasteiger partial charge >= 0.3 is 0 Å². The lowest BCUT2D eigenvalue weighted by atomic mass is 9.98. The van der Waals surface area contributed by atoms with Crippen LogP contribution in [0.1, 0.15) is 0 Å². The van der Waals surface area contributed by atoms with Crippen LogP contribution in [0, 0.1) is 0 Å². The highest BCUT2D eigenvalue weighted by molar-refractivity contribution is 9.11. The topological polar surface area (TPSA) is 0 Å². The molecule has 138 valence electrons.